The van der Waals surface area contributed by atoms with Crippen molar-refractivity contribution in [3.8, 4) is 11.5 Å². The summed E-state index contributed by atoms with van der Waals surface area (Å²) in [7, 11) is 0. The highest BCUT2D eigenvalue weighted by Crippen LogP contribution is 2.39. The molecule has 0 radical (unpaired) electrons. The summed E-state index contributed by atoms with van der Waals surface area (Å²) in [6, 6.07) is 7.96. The summed E-state index contributed by atoms with van der Waals surface area (Å²) in [4.78, 5) is 1.26. The molecule has 3 N–H and O–H groups in total. The van der Waals surface area contributed by atoms with Gasteiger partial charge in [-0.1, -0.05) is 12.1 Å². The number of benzene rings is 1. The molecule has 1 atom stereocenters. The highest BCUT2D eigenvalue weighted by atomic mass is 32.1. The molecule has 0 saturated carbocycles. The number of hydrogen-bond acceptors (Lipinski definition) is 5. The Morgan fingerprint density at radius 1 is 1.32 bits per heavy atom. The molecular formula is C14H16N2O2S. The normalized spacial score (nSPS) is 15.3. The molecule has 2 aromatic rings. The number of hydrazine groups is 1. The first kappa shape index (κ1) is 12.5. The summed E-state index contributed by atoms with van der Waals surface area (Å²) in [6.45, 7) is 3.25. The fourth-order valence-electron chi connectivity index (χ4n) is 2.30. The molecule has 0 saturated heterocycles. The van der Waals surface area contributed by atoms with E-state index in [9.17, 15) is 0 Å². The van der Waals surface area contributed by atoms with Gasteiger partial charge in [-0.05, 0) is 30.0 Å². The highest BCUT2D eigenvalue weighted by Gasteiger charge is 2.23. The topological polar surface area (TPSA) is 56.5 Å². The maximum atomic E-state index is 5.75. The van der Waals surface area contributed by atoms with Crippen LogP contribution < -0.4 is 20.7 Å². The smallest absolute Gasteiger partial charge is 0.166 e. The van der Waals surface area contributed by atoms with Crippen molar-refractivity contribution in [2.75, 3.05) is 13.2 Å². The van der Waals surface area contributed by atoms with Gasteiger partial charge in [0, 0.05) is 10.4 Å². The third-order valence-electron chi connectivity index (χ3n) is 3.16. The molecule has 2 heterocycles. The molecule has 1 aliphatic heterocycles. The number of nitrogens with one attached hydrogen (secondary N) is 1. The number of fused-ring (bicyclic) bond motifs is 1. The van der Waals surface area contributed by atoms with Crippen LogP contribution in [0.1, 0.15) is 22.0 Å². The Bertz CT molecular complexity index is 583. The zero-order valence-electron chi connectivity index (χ0n) is 10.7. The van der Waals surface area contributed by atoms with E-state index >= 15 is 0 Å². The van der Waals surface area contributed by atoms with Gasteiger partial charge in [-0.3, -0.25) is 5.84 Å². The number of hydrogen-bond donors (Lipinski definition) is 2. The van der Waals surface area contributed by atoms with E-state index in [1.54, 1.807) is 11.3 Å². The van der Waals surface area contributed by atoms with E-state index in [1.807, 2.05) is 18.2 Å². The summed E-state index contributed by atoms with van der Waals surface area (Å²) in [6.07, 6.45) is 0. The van der Waals surface area contributed by atoms with Gasteiger partial charge in [0.2, 0.25) is 0 Å². The number of nitrogens with two attached hydrogens (primary N) is 1. The van der Waals surface area contributed by atoms with E-state index in [2.05, 4.69) is 23.8 Å². The molecule has 1 aliphatic rings. The van der Waals surface area contributed by atoms with E-state index in [1.165, 1.54) is 4.88 Å². The Labute approximate surface area is 116 Å². The minimum atomic E-state index is -0.0819. The monoisotopic (exact) mass is 276 g/mol. The molecule has 0 amide bonds. The van der Waals surface area contributed by atoms with Crippen LogP contribution in [0.25, 0.3) is 0 Å². The van der Waals surface area contributed by atoms with E-state index in [-0.39, 0.29) is 6.04 Å². The molecule has 0 spiro atoms. The fourth-order valence-corrected chi connectivity index (χ4v) is 3.03. The molecule has 1 unspecified atom stereocenters. The summed E-state index contributed by atoms with van der Waals surface area (Å²) in [5.41, 5.74) is 5.03. The maximum Gasteiger partial charge on any atom is 0.166 e. The van der Waals surface area contributed by atoms with Crippen LogP contribution >= 0.6 is 11.3 Å². The van der Waals surface area contributed by atoms with Crippen molar-refractivity contribution in [3.05, 3.63) is 45.6 Å². The van der Waals surface area contributed by atoms with Crippen molar-refractivity contribution >= 4 is 11.3 Å². The summed E-state index contributed by atoms with van der Waals surface area (Å²) < 4.78 is 11.4. The van der Waals surface area contributed by atoms with E-state index < -0.39 is 0 Å². The number of aryl methyl sites for hydroxylation is 1. The SMILES string of the molecule is Cc1cc(C(NN)c2cccc3c2OCCO3)cs1. The Balaban J connectivity index is 2.04. The van der Waals surface area contributed by atoms with Crippen LogP contribution in [0.2, 0.25) is 0 Å². The average molecular weight is 276 g/mol. The predicted molar refractivity (Wildman–Crippen MR) is 75.7 cm³/mol. The molecule has 19 heavy (non-hydrogen) atoms. The fraction of sp³-hybridized carbons (Fsp3) is 0.286. The molecule has 4 nitrogen and oxygen atoms in total. The lowest BCUT2D eigenvalue weighted by Crippen LogP contribution is -2.29. The molecule has 1 aromatic carbocycles. The molecule has 0 aliphatic carbocycles. The largest absolute Gasteiger partial charge is 0.486 e. The van der Waals surface area contributed by atoms with Gasteiger partial charge in [0.05, 0.1) is 6.04 Å². The van der Waals surface area contributed by atoms with E-state index in [0.29, 0.717) is 13.2 Å². The Morgan fingerprint density at radius 3 is 2.89 bits per heavy atom. The molecular weight excluding hydrogens is 260 g/mol. The molecule has 3 rings (SSSR count). The van der Waals surface area contributed by atoms with Crippen LogP contribution in [-0.4, -0.2) is 13.2 Å². The minimum absolute atomic E-state index is 0.0819. The number of thiophene rings is 1. The van der Waals surface area contributed by atoms with Crippen molar-refractivity contribution in [1.82, 2.24) is 5.43 Å². The summed E-state index contributed by atoms with van der Waals surface area (Å²) >= 11 is 1.71. The Hall–Kier alpha value is -1.56. The lowest BCUT2D eigenvalue weighted by Gasteiger charge is -2.24. The van der Waals surface area contributed by atoms with Crippen LogP contribution in [0, 0.1) is 6.92 Å². The highest BCUT2D eigenvalue weighted by molar-refractivity contribution is 7.10. The third-order valence-corrected chi connectivity index (χ3v) is 4.04. The van der Waals surface area contributed by atoms with Gasteiger partial charge < -0.3 is 9.47 Å². The van der Waals surface area contributed by atoms with Gasteiger partial charge in [-0.15, -0.1) is 11.3 Å². The van der Waals surface area contributed by atoms with Crippen LogP contribution in [0.5, 0.6) is 11.5 Å². The lowest BCUT2D eigenvalue weighted by molar-refractivity contribution is 0.169. The van der Waals surface area contributed by atoms with E-state index in [0.717, 1.165) is 22.6 Å². The molecule has 0 bridgehead atoms. The van der Waals surface area contributed by atoms with Gasteiger partial charge in [0.1, 0.15) is 13.2 Å². The Kier molecular flexibility index (Phi) is 3.42. The van der Waals surface area contributed by atoms with Crippen LogP contribution in [0.3, 0.4) is 0 Å². The quantitative estimate of drug-likeness (QED) is 0.667. The minimum Gasteiger partial charge on any atom is -0.486 e. The first-order valence-electron chi connectivity index (χ1n) is 6.19. The van der Waals surface area contributed by atoms with Crippen molar-refractivity contribution in [2.45, 2.75) is 13.0 Å². The molecule has 0 fully saturated rings. The number of ether oxygens (including phenoxy) is 2. The van der Waals surface area contributed by atoms with Crippen molar-refractivity contribution in [1.29, 1.82) is 0 Å². The van der Waals surface area contributed by atoms with Crippen LogP contribution in [0.15, 0.2) is 29.6 Å². The van der Waals surface area contributed by atoms with Gasteiger partial charge in [-0.25, -0.2) is 5.43 Å². The third kappa shape index (κ3) is 2.32. The first-order chi connectivity index (χ1) is 9.29. The molecule has 100 valence electrons. The van der Waals surface area contributed by atoms with Crippen molar-refractivity contribution in [3.63, 3.8) is 0 Å². The second-order valence-electron chi connectivity index (χ2n) is 4.46. The number of para-hydroxylation sites is 1. The second kappa shape index (κ2) is 5.21. The number of rotatable bonds is 3. The standard InChI is InChI=1S/C14H16N2O2S/c1-9-7-10(8-19-9)13(16-15)11-3-2-4-12-14(11)18-6-5-17-12/h2-4,7-8,13,16H,5-6,15H2,1H3. The summed E-state index contributed by atoms with van der Waals surface area (Å²) in [5.74, 6) is 7.32. The van der Waals surface area contributed by atoms with E-state index in [4.69, 9.17) is 15.3 Å². The summed E-state index contributed by atoms with van der Waals surface area (Å²) in [5, 5.41) is 2.11. The Morgan fingerprint density at radius 2 is 2.16 bits per heavy atom. The second-order valence-corrected chi connectivity index (χ2v) is 5.58. The van der Waals surface area contributed by atoms with Crippen LogP contribution in [-0.2, 0) is 0 Å². The zero-order valence-corrected chi connectivity index (χ0v) is 11.5. The van der Waals surface area contributed by atoms with Gasteiger partial charge in [0.25, 0.3) is 0 Å². The lowest BCUT2D eigenvalue weighted by atomic mass is 10.00. The first-order valence-corrected chi connectivity index (χ1v) is 7.07. The van der Waals surface area contributed by atoms with Crippen molar-refractivity contribution < 1.29 is 9.47 Å². The maximum absolute atomic E-state index is 5.75. The average Bonchev–Trinajstić information content (AvgIpc) is 2.86. The van der Waals surface area contributed by atoms with Gasteiger partial charge in [-0.2, -0.15) is 0 Å². The van der Waals surface area contributed by atoms with Crippen molar-refractivity contribution in [2.24, 2.45) is 5.84 Å². The van der Waals surface area contributed by atoms with Crippen LogP contribution in [0.4, 0.5) is 0 Å². The van der Waals surface area contributed by atoms with Gasteiger partial charge in [0.15, 0.2) is 11.5 Å². The van der Waals surface area contributed by atoms with Gasteiger partial charge >= 0.3 is 0 Å². The molecule has 1 aromatic heterocycles. The zero-order chi connectivity index (χ0) is 13.2. The molecule has 5 heteroatoms. The predicted octanol–water partition coefficient (Wildman–Crippen LogP) is 2.38.